The van der Waals surface area contributed by atoms with Crippen molar-refractivity contribution in [1.82, 2.24) is 5.32 Å². The van der Waals surface area contributed by atoms with Crippen molar-refractivity contribution in [3.8, 4) is 0 Å². The SMILES string of the molecule is CC(NC(C)c1cccc(Br)c1)c1ccc(Br)cc1. The molecule has 0 saturated heterocycles. The molecule has 2 aromatic carbocycles. The second kappa shape index (κ2) is 6.69. The van der Waals surface area contributed by atoms with Gasteiger partial charge in [0.15, 0.2) is 0 Å². The maximum absolute atomic E-state index is 3.62. The van der Waals surface area contributed by atoms with Crippen molar-refractivity contribution in [2.75, 3.05) is 0 Å². The Labute approximate surface area is 131 Å². The summed E-state index contributed by atoms with van der Waals surface area (Å²) in [6, 6.07) is 17.5. The molecule has 1 nitrogen and oxygen atoms in total. The van der Waals surface area contributed by atoms with Gasteiger partial charge in [-0.25, -0.2) is 0 Å². The quantitative estimate of drug-likeness (QED) is 0.723. The molecule has 1 N–H and O–H groups in total. The van der Waals surface area contributed by atoms with Crippen molar-refractivity contribution in [2.24, 2.45) is 0 Å². The first-order valence-electron chi connectivity index (χ1n) is 6.33. The number of hydrogen-bond donors (Lipinski definition) is 1. The molecule has 0 bridgehead atoms. The van der Waals surface area contributed by atoms with Crippen LogP contribution < -0.4 is 5.32 Å². The van der Waals surface area contributed by atoms with Gasteiger partial charge in [0.1, 0.15) is 0 Å². The van der Waals surface area contributed by atoms with Crippen molar-refractivity contribution in [2.45, 2.75) is 25.9 Å². The van der Waals surface area contributed by atoms with Crippen LogP contribution in [0, 0.1) is 0 Å². The number of halogens is 2. The van der Waals surface area contributed by atoms with Crippen LogP contribution in [-0.4, -0.2) is 0 Å². The lowest BCUT2D eigenvalue weighted by atomic mass is 10.0. The van der Waals surface area contributed by atoms with Crippen LogP contribution in [-0.2, 0) is 0 Å². The van der Waals surface area contributed by atoms with E-state index in [9.17, 15) is 0 Å². The second-order valence-electron chi connectivity index (χ2n) is 4.72. The lowest BCUT2D eigenvalue weighted by Gasteiger charge is -2.21. The predicted octanol–water partition coefficient (Wildman–Crippen LogP) is 5.62. The molecule has 3 heteroatoms. The maximum atomic E-state index is 3.62. The van der Waals surface area contributed by atoms with Gasteiger partial charge in [-0.05, 0) is 49.2 Å². The lowest BCUT2D eigenvalue weighted by molar-refractivity contribution is 0.494. The minimum atomic E-state index is 0.316. The number of nitrogens with one attached hydrogen (secondary N) is 1. The van der Waals surface area contributed by atoms with Gasteiger partial charge in [0.05, 0.1) is 0 Å². The first kappa shape index (κ1) is 14.8. The zero-order valence-electron chi connectivity index (χ0n) is 11.0. The number of benzene rings is 2. The fourth-order valence-electron chi connectivity index (χ4n) is 2.09. The first-order chi connectivity index (χ1) is 9.06. The van der Waals surface area contributed by atoms with Crippen LogP contribution in [0.3, 0.4) is 0 Å². The van der Waals surface area contributed by atoms with E-state index in [0.29, 0.717) is 12.1 Å². The summed E-state index contributed by atoms with van der Waals surface area (Å²) in [5, 5.41) is 3.62. The molecule has 0 amide bonds. The average molecular weight is 383 g/mol. The molecule has 0 aliphatic heterocycles. The van der Waals surface area contributed by atoms with E-state index in [4.69, 9.17) is 0 Å². The van der Waals surface area contributed by atoms with Gasteiger partial charge >= 0.3 is 0 Å². The molecular weight excluding hydrogens is 366 g/mol. The van der Waals surface area contributed by atoms with E-state index < -0.39 is 0 Å². The summed E-state index contributed by atoms with van der Waals surface area (Å²) < 4.78 is 2.23. The van der Waals surface area contributed by atoms with Crippen LogP contribution in [0.1, 0.15) is 37.1 Å². The summed E-state index contributed by atoms with van der Waals surface area (Å²) in [7, 11) is 0. The zero-order valence-corrected chi connectivity index (χ0v) is 14.2. The van der Waals surface area contributed by atoms with E-state index in [1.165, 1.54) is 11.1 Å². The molecule has 0 aliphatic rings. The van der Waals surface area contributed by atoms with Crippen molar-refractivity contribution in [1.29, 1.82) is 0 Å². The Hall–Kier alpha value is -0.640. The molecular formula is C16H17Br2N. The third-order valence-corrected chi connectivity index (χ3v) is 4.24. The fraction of sp³-hybridized carbons (Fsp3) is 0.250. The van der Waals surface area contributed by atoms with Crippen molar-refractivity contribution in [3.63, 3.8) is 0 Å². The van der Waals surface area contributed by atoms with Crippen LogP contribution >= 0.6 is 31.9 Å². The molecule has 19 heavy (non-hydrogen) atoms. The topological polar surface area (TPSA) is 12.0 Å². The number of rotatable bonds is 4. The first-order valence-corrected chi connectivity index (χ1v) is 7.92. The molecule has 0 aliphatic carbocycles. The summed E-state index contributed by atoms with van der Waals surface area (Å²) in [4.78, 5) is 0. The van der Waals surface area contributed by atoms with E-state index in [-0.39, 0.29) is 0 Å². The minimum Gasteiger partial charge on any atom is -0.304 e. The van der Waals surface area contributed by atoms with E-state index in [1.807, 2.05) is 6.07 Å². The Kier molecular flexibility index (Phi) is 5.20. The van der Waals surface area contributed by atoms with E-state index in [2.05, 4.69) is 93.5 Å². The lowest BCUT2D eigenvalue weighted by Crippen LogP contribution is -2.22. The smallest absolute Gasteiger partial charge is 0.0297 e. The Morgan fingerprint density at radius 3 is 2.05 bits per heavy atom. The third-order valence-electron chi connectivity index (χ3n) is 3.22. The molecule has 2 rings (SSSR count). The standard InChI is InChI=1S/C16H17Br2N/c1-11(13-6-8-15(17)9-7-13)19-12(2)14-4-3-5-16(18)10-14/h3-12,19H,1-2H3. The minimum absolute atomic E-state index is 0.316. The van der Waals surface area contributed by atoms with Gasteiger partial charge in [0.2, 0.25) is 0 Å². The predicted molar refractivity (Wildman–Crippen MR) is 88.2 cm³/mol. The van der Waals surface area contributed by atoms with Gasteiger partial charge in [-0.2, -0.15) is 0 Å². The highest BCUT2D eigenvalue weighted by Crippen LogP contribution is 2.22. The summed E-state index contributed by atoms with van der Waals surface area (Å²) in [6.07, 6.45) is 0. The van der Waals surface area contributed by atoms with Crippen LogP contribution in [0.2, 0.25) is 0 Å². The maximum Gasteiger partial charge on any atom is 0.0297 e. The molecule has 2 unspecified atom stereocenters. The molecule has 0 radical (unpaired) electrons. The van der Waals surface area contributed by atoms with E-state index >= 15 is 0 Å². The van der Waals surface area contributed by atoms with Crippen LogP contribution in [0.25, 0.3) is 0 Å². The van der Waals surface area contributed by atoms with Crippen molar-refractivity contribution >= 4 is 31.9 Å². The summed E-state index contributed by atoms with van der Waals surface area (Å²) in [5.74, 6) is 0. The van der Waals surface area contributed by atoms with E-state index in [1.54, 1.807) is 0 Å². The summed E-state index contributed by atoms with van der Waals surface area (Å²) >= 11 is 6.98. The van der Waals surface area contributed by atoms with Gasteiger partial charge < -0.3 is 5.32 Å². The van der Waals surface area contributed by atoms with Gasteiger partial charge in [-0.1, -0.05) is 56.1 Å². The molecule has 2 atom stereocenters. The molecule has 100 valence electrons. The largest absolute Gasteiger partial charge is 0.304 e. The molecule has 0 spiro atoms. The van der Waals surface area contributed by atoms with Gasteiger partial charge in [-0.15, -0.1) is 0 Å². The molecule has 0 fully saturated rings. The van der Waals surface area contributed by atoms with Crippen LogP contribution in [0.4, 0.5) is 0 Å². The monoisotopic (exact) mass is 381 g/mol. The third kappa shape index (κ3) is 4.16. The zero-order chi connectivity index (χ0) is 13.8. The van der Waals surface area contributed by atoms with Crippen molar-refractivity contribution in [3.05, 3.63) is 68.6 Å². The van der Waals surface area contributed by atoms with Gasteiger partial charge in [0, 0.05) is 21.0 Å². The molecule has 0 heterocycles. The fourth-order valence-corrected chi connectivity index (χ4v) is 2.78. The molecule has 2 aromatic rings. The highest BCUT2D eigenvalue weighted by Gasteiger charge is 2.11. The normalized spacial score (nSPS) is 14.1. The Morgan fingerprint density at radius 1 is 0.789 bits per heavy atom. The van der Waals surface area contributed by atoms with Gasteiger partial charge in [0.25, 0.3) is 0 Å². The Morgan fingerprint density at radius 2 is 1.42 bits per heavy atom. The second-order valence-corrected chi connectivity index (χ2v) is 6.55. The van der Waals surface area contributed by atoms with E-state index in [0.717, 1.165) is 8.95 Å². The highest BCUT2D eigenvalue weighted by atomic mass is 79.9. The highest BCUT2D eigenvalue weighted by molar-refractivity contribution is 9.10. The number of hydrogen-bond acceptors (Lipinski definition) is 1. The van der Waals surface area contributed by atoms with Crippen LogP contribution in [0.5, 0.6) is 0 Å². The van der Waals surface area contributed by atoms with Gasteiger partial charge in [-0.3, -0.25) is 0 Å². The van der Waals surface area contributed by atoms with Crippen molar-refractivity contribution < 1.29 is 0 Å². The molecule has 0 aromatic heterocycles. The Balaban J connectivity index is 2.06. The summed E-state index contributed by atoms with van der Waals surface area (Å²) in [5.41, 5.74) is 2.59. The van der Waals surface area contributed by atoms with Crippen LogP contribution in [0.15, 0.2) is 57.5 Å². The summed E-state index contributed by atoms with van der Waals surface area (Å²) in [6.45, 7) is 4.38. The average Bonchev–Trinajstić information content (AvgIpc) is 2.39. The molecule has 0 saturated carbocycles. The Bertz CT molecular complexity index is 537.